The van der Waals surface area contributed by atoms with Gasteiger partial charge in [0.15, 0.2) is 6.79 Å². The number of rotatable bonds is 15. The Bertz CT molecular complexity index is 2020. The monoisotopic (exact) mass is 756 g/mol. The molecule has 0 aliphatic carbocycles. The maximum Gasteiger partial charge on any atom is 0.347 e. The van der Waals surface area contributed by atoms with Crippen LogP contribution in [0.2, 0.25) is 5.02 Å². The molecule has 2 aromatic carbocycles. The van der Waals surface area contributed by atoms with E-state index < -0.39 is 23.9 Å². The largest absolute Gasteiger partial charge is 0.491 e. The first-order valence-electron chi connectivity index (χ1n) is 16.8. The second kappa shape index (κ2) is 17.0. The van der Waals surface area contributed by atoms with E-state index in [0.29, 0.717) is 54.7 Å². The standard InChI is InChI=1S/C37H39ClF2N4O7S/c1-5-47-37(45)29(18-23-6-7-24(39)19-28(23)49-21-46-4)51-35-32-31(34(27-10-11-30(40)50-27)52-36(32)42-20-41-35)25-8-9-26(33(38)22(25)2)48-17-16-44-14-12-43(3)13-15-44/h6-11,19-20,29H,5,12-18,21H2,1-4H3/t29-/m1/s1. The van der Waals surface area contributed by atoms with Gasteiger partial charge in [-0.25, -0.2) is 19.2 Å². The molecule has 11 nitrogen and oxygen atoms in total. The summed E-state index contributed by atoms with van der Waals surface area (Å²) < 4.78 is 62.5. The molecule has 3 aromatic heterocycles. The number of likely N-dealkylation sites (N-methyl/N-ethyl adjacent to an activating group) is 1. The van der Waals surface area contributed by atoms with Crippen LogP contribution in [0.5, 0.6) is 17.4 Å². The van der Waals surface area contributed by atoms with Crippen molar-refractivity contribution in [1.82, 2.24) is 19.8 Å². The number of nitrogens with zero attached hydrogens (tertiary/aromatic N) is 4. The molecular formula is C37H39ClF2N4O7S. The van der Waals surface area contributed by atoms with Gasteiger partial charge in [-0.1, -0.05) is 23.7 Å². The lowest BCUT2D eigenvalue weighted by molar-refractivity contribution is -0.151. The molecule has 0 amide bonds. The number of furan rings is 1. The summed E-state index contributed by atoms with van der Waals surface area (Å²) in [4.78, 5) is 28.0. The Morgan fingerprint density at radius 3 is 2.60 bits per heavy atom. The van der Waals surface area contributed by atoms with Crippen LogP contribution in [0.1, 0.15) is 18.1 Å². The van der Waals surface area contributed by atoms with Crippen molar-refractivity contribution in [2.45, 2.75) is 26.4 Å². The molecule has 1 aliphatic heterocycles. The fraction of sp³-hybridized carbons (Fsp3) is 0.378. The first-order valence-corrected chi connectivity index (χ1v) is 18.0. The third kappa shape index (κ3) is 8.48. The van der Waals surface area contributed by atoms with E-state index in [1.54, 1.807) is 13.0 Å². The Labute approximate surface area is 309 Å². The summed E-state index contributed by atoms with van der Waals surface area (Å²) in [6, 6.07) is 9.64. The molecule has 0 unspecified atom stereocenters. The number of halogens is 3. The van der Waals surface area contributed by atoms with Crippen molar-refractivity contribution >= 4 is 39.1 Å². The van der Waals surface area contributed by atoms with Gasteiger partial charge < -0.3 is 33.0 Å². The highest BCUT2D eigenvalue weighted by molar-refractivity contribution is 7.22. The maximum absolute atomic E-state index is 14.3. The van der Waals surface area contributed by atoms with Gasteiger partial charge in [-0.05, 0) is 55.8 Å². The van der Waals surface area contributed by atoms with Crippen molar-refractivity contribution in [1.29, 1.82) is 0 Å². The number of piperazine rings is 1. The van der Waals surface area contributed by atoms with E-state index in [1.165, 1.54) is 55.1 Å². The first-order chi connectivity index (χ1) is 25.2. The van der Waals surface area contributed by atoms with Crippen molar-refractivity contribution in [3.8, 4) is 39.1 Å². The van der Waals surface area contributed by atoms with Crippen molar-refractivity contribution < 1.29 is 41.7 Å². The van der Waals surface area contributed by atoms with Gasteiger partial charge in [0, 0.05) is 64.0 Å². The SMILES string of the molecule is CCOC(=O)[C@@H](Cc1ccc(F)cc1OCOC)Oc1ncnc2sc(-c3ccc(F)o3)c(-c3ccc(OCCN4CCN(C)CC4)c(Cl)c3C)c12. The van der Waals surface area contributed by atoms with Gasteiger partial charge >= 0.3 is 5.97 Å². The minimum Gasteiger partial charge on any atom is -0.491 e. The van der Waals surface area contributed by atoms with E-state index >= 15 is 0 Å². The molecule has 0 N–H and O–H groups in total. The highest BCUT2D eigenvalue weighted by Crippen LogP contribution is 2.49. The van der Waals surface area contributed by atoms with Crippen molar-refractivity contribution in [3.63, 3.8) is 0 Å². The van der Waals surface area contributed by atoms with E-state index in [-0.39, 0.29) is 37.2 Å². The van der Waals surface area contributed by atoms with Gasteiger partial charge in [0.05, 0.1) is 21.9 Å². The van der Waals surface area contributed by atoms with Crippen LogP contribution in [-0.4, -0.2) is 98.7 Å². The Balaban J connectivity index is 1.39. The Kier molecular flexibility index (Phi) is 12.2. The summed E-state index contributed by atoms with van der Waals surface area (Å²) in [7, 11) is 3.56. The number of aromatic nitrogens is 2. The zero-order chi connectivity index (χ0) is 36.8. The third-order valence-corrected chi connectivity index (χ3v) is 10.3. The van der Waals surface area contributed by atoms with Gasteiger partial charge in [0.25, 0.3) is 6.01 Å². The van der Waals surface area contributed by atoms with Crippen LogP contribution in [-0.2, 0) is 20.7 Å². The van der Waals surface area contributed by atoms with Crippen LogP contribution in [0.25, 0.3) is 32.0 Å². The number of benzene rings is 2. The van der Waals surface area contributed by atoms with E-state index in [0.717, 1.165) is 32.7 Å². The first kappa shape index (κ1) is 37.4. The molecule has 0 saturated carbocycles. The highest BCUT2D eigenvalue weighted by atomic mass is 35.5. The topological polar surface area (TPSA) is 109 Å². The molecule has 0 radical (unpaired) electrons. The average Bonchev–Trinajstić information content (AvgIpc) is 3.74. The van der Waals surface area contributed by atoms with E-state index in [2.05, 4.69) is 26.8 Å². The molecule has 6 rings (SSSR count). The normalized spacial score (nSPS) is 14.4. The van der Waals surface area contributed by atoms with Crippen LogP contribution >= 0.6 is 22.9 Å². The quantitative estimate of drug-likeness (QED) is 0.0813. The van der Waals surface area contributed by atoms with Crippen LogP contribution < -0.4 is 14.2 Å². The molecule has 1 atom stereocenters. The fourth-order valence-electron chi connectivity index (χ4n) is 5.96. The number of ether oxygens (including phenoxy) is 5. The fourth-order valence-corrected chi connectivity index (χ4v) is 7.29. The third-order valence-electron chi connectivity index (χ3n) is 8.70. The number of carbonyl (C=O) groups excluding carboxylic acids is 1. The van der Waals surface area contributed by atoms with Crippen LogP contribution in [0, 0.1) is 18.8 Å². The summed E-state index contributed by atoms with van der Waals surface area (Å²) in [6.45, 7) is 8.71. The lowest BCUT2D eigenvalue weighted by Gasteiger charge is -2.32. The summed E-state index contributed by atoms with van der Waals surface area (Å²) in [5, 5.41) is 0.863. The molecule has 4 heterocycles. The van der Waals surface area contributed by atoms with Crippen molar-refractivity contribution in [2.75, 3.05) is 66.9 Å². The zero-order valence-electron chi connectivity index (χ0n) is 29.2. The average molecular weight is 757 g/mol. The van der Waals surface area contributed by atoms with Gasteiger partial charge in [-0.2, -0.15) is 4.39 Å². The minimum atomic E-state index is -1.23. The van der Waals surface area contributed by atoms with Crippen LogP contribution in [0.15, 0.2) is 53.2 Å². The van der Waals surface area contributed by atoms with Gasteiger partial charge in [0.2, 0.25) is 12.0 Å². The summed E-state index contributed by atoms with van der Waals surface area (Å²) in [5.74, 6) is -0.148. The summed E-state index contributed by atoms with van der Waals surface area (Å²) in [6.07, 6.45) is 0.0330. The van der Waals surface area contributed by atoms with Crippen LogP contribution in [0.3, 0.4) is 0 Å². The predicted molar refractivity (Wildman–Crippen MR) is 193 cm³/mol. The predicted octanol–water partition coefficient (Wildman–Crippen LogP) is 7.02. The second-order valence-corrected chi connectivity index (χ2v) is 13.6. The second-order valence-electron chi connectivity index (χ2n) is 12.2. The van der Waals surface area contributed by atoms with Crippen molar-refractivity contribution in [2.24, 2.45) is 0 Å². The molecular weight excluding hydrogens is 718 g/mol. The molecule has 1 fully saturated rings. The molecule has 5 aromatic rings. The molecule has 276 valence electrons. The van der Waals surface area contributed by atoms with Crippen molar-refractivity contribution in [3.05, 3.63) is 76.8 Å². The maximum atomic E-state index is 14.3. The summed E-state index contributed by atoms with van der Waals surface area (Å²) in [5.41, 5.74) is 2.41. The van der Waals surface area contributed by atoms with Gasteiger partial charge in [0.1, 0.15) is 40.8 Å². The Morgan fingerprint density at radius 2 is 1.87 bits per heavy atom. The molecule has 1 aliphatic rings. The Morgan fingerprint density at radius 1 is 1.06 bits per heavy atom. The lowest BCUT2D eigenvalue weighted by Crippen LogP contribution is -2.45. The van der Waals surface area contributed by atoms with E-state index in [4.69, 9.17) is 39.7 Å². The Hall–Kier alpha value is -4.34. The molecule has 52 heavy (non-hydrogen) atoms. The van der Waals surface area contributed by atoms with Gasteiger partial charge in [-0.15, -0.1) is 11.3 Å². The summed E-state index contributed by atoms with van der Waals surface area (Å²) >= 11 is 8.21. The lowest BCUT2D eigenvalue weighted by atomic mass is 9.97. The molecule has 1 saturated heterocycles. The van der Waals surface area contributed by atoms with Crippen LogP contribution in [0.4, 0.5) is 8.78 Å². The number of hydrogen-bond donors (Lipinski definition) is 0. The highest BCUT2D eigenvalue weighted by Gasteiger charge is 2.30. The minimum absolute atomic E-state index is 0.0512. The zero-order valence-corrected chi connectivity index (χ0v) is 30.8. The number of esters is 1. The number of carbonyl (C=O) groups is 1. The van der Waals surface area contributed by atoms with Gasteiger partial charge in [-0.3, -0.25) is 4.90 Å². The number of fused-ring (bicyclic) bond motifs is 1. The number of thiophene rings is 1. The van der Waals surface area contributed by atoms with E-state index in [9.17, 15) is 13.6 Å². The number of hydrogen-bond acceptors (Lipinski definition) is 12. The van der Waals surface area contributed by atoms with E-state index in [1.807, 2.05) is 13.0 Å². The molecule has 15 heteroatoms. The smallest absolute Gasteiger partial charge is 0.347 e. The molecule has 0 bridgehead atoms. The number of methoxy groups -OCH3 is 1. The molecule has 0 spiro atoms.